The average molecular weight is 444 g/mol. The van der Waals surface area contributed by atoms with Crippen LogP contribution in [0.15, 0.2) is 66.7 Å². The molecule has 0 unspecified atom stereocenters. The predicted molar refractivity (Wildman–Crippen MR) is 110 cm³/mol. The maximum Gasteiger partial charge on any atom is 0.417 e. The van der Waals surface area contributed by atoms with Gasteiger partial charge in [-0.1, -0.05) is 42.2 Å². The van der Waals surface area contributed by atoms with Gasteiger partial charge in [-0.2, -0.15) is 26.3 Å². The molecule has 162 valence electrons. The van der Waals surface area contributed by atoms with Crippen LogP contribution in [0.2, 0.25) is 0 Å². The van der Waals surface area contributed by atoms with Crippen molar-refractivity contribution >= 4 is 21.5 Å². The van der Waals surface area contributed by atoms with Gasteiger partial charge in [0.25, 0.3) is 0 Å². The Kier molecular flexibility index (Phi) is 5.25. The maximum absolute atomic E-state index is 14.0. The van der Waals surface area contributed by atoms with Crippen molar-refractivity contribution < 1.29 is 31.1 Å². The molecule has 0 radical (unpaired) electrons. The van der Waals surface area contributed by atoms with E-state index in [4.69, 9.17) is 4.74 Å². The van der Waals surface area contributed by atoms with Crippen LogP contribution >= 0.6 is 0 Å². The first-order valence-corrected chi connectivity index (χ1v) is 9.38. The molecule has 0 amide bonds. The summed E-state index contributed by atoms with van der Waals surface area (Å²) in [6.45, 7) is 0. The molecule has 0 fully saturated rings. The van der Waals surface area contributed by atoms with Crippen molar-refractivity contribution in [1.29, 1.82) is 0 Å². The first-order valence-electron chi connectivity index (χ1n) is 9.38. The topological polar surface area (TPSA) is 9.23 Å². The van der Waals surface area contributed by atoms with Crippen LogP contribution in [0.1, 0.15) is 22.3 Å². The van der Waals surface area contributed by atoms with Gasteiger partial charge in [-0.15, -0.1) is 0 Å². The summed E-state index contributed by atoms with van der Waals surface area (Å²) < 4.78 is 88.7. The number of ether oxygens (including phenoxy) is 1. The van der Waals surface area contributed by atoms with Crippen molar-refractivity contribution in [3.05, 3.63) is 89.0 Å². The lowest BCUT2D eigenvalue weighted by Gasteiger charge is -2.20. The Bertz CT molecular complexity index is 1370. The van der Waals surface area contributed by atoms with Gasteiger partial charge < -0.3 is 4.74 Å². The summed E-state index contributed by atoms with van der Waals surface area (Å²) in [6.07, 6.45) is -9.69. The van der Waals surface area contributed by atoms with Gasteiger partial charge in [0.05, 0.1) is 18.2 Å². The Labute approximate surface area is 179 Å². The Balaban J connectivity index is 2.00. The quantitative estimate of drug-likeness (QED) is 0.168. The second-order valence-corrected chi connectivity index (χ2v) is 7.03. The van der Waals surface area contributed by atoms with Crippen molar-refractivity contribution in [2.24, 2.45) is 0 Å². The molecule has 0 aliphatic rings. The van der Waals surface area contributed by atoms with Gasteiger partial charge in [-0.3, -0.25) is 0 Å². The number of benzene rings is 4. The number of halogens is 6. The molecule has 0 aliphatic carbocycles. The number of rotatable bonds is 1. The van der Waals surface area contributed by atoms with Crippen LogP contribution in [-0.4, -0.2) is 7.11 Å². The Morgan fingerprint density at radius 2 is 1.06 bits per heavy atom. The van der Waals surface area contributed by atoms with Gasteiger partial charge in [0.15, 0.2) is 0 Å². The third-order valence-electron chi connectivity index (χ3n) is 5.03. The molecule has 4 aromatic rings. The molecule has 0 saturated carbocycles. The third kappa shape index (κ3) is 3.96. The summed E-state index contributed by atoms with van der Waals surface area (Å²) in [7, 11) is 1.51. The van der Waals surface area contributed by atoms with Crippen LogP contribution in [0.5, 0.6) is 5.75 Å². The van der Waals surface area contributed by atoms with E-state index in [-0.39, 0.29) is 5.56 Å². The largest absolute Gasteiger partial charge is 0.497 e. The predicted octanol–water partition coefficient (Wildman–Crippen LogP) is 7.44. The Morgan fingerprint density at radius 1 is 0.594 bits per heavy atom. The lowest BCUT2D eigenvalue weighted by molar-refractivity contribution is -0.137. The minimum Gasteiger partial charge on any atom is -0.497 e. The average Bonchev–Trinajstić information content (AvgIpc) is 2.74. The SMILES string of the molecule is COc1ccc(C#Cc2ccc3c(C(F)(F)F)c4ccccc4c(C(F)(F)F)c3c2)cc1. The fraction of sp³-hybridized carbons (Fsp3) is 0.120. The summed E-state index contributed by atoms with van der Waals surface area (Å²) in [4.78, 5) is 0. The zero-order valence-corrected chi connectivity index (χ0v) is 16.5. The molecule has 32 heavy (non-hydrogen) atoms. The van der Waals surface area contributed by atoms with E-state index in [1.165, 1.54) is 25.3 Å². The molecule has 0 heterocycles. The molecule has 0 spiro atoms. The number of hydrogen-bond acceptors (Lipinski definition) is 1. The van der Waals surface area contributed by atoms with Crippen LogP contribution in [0.25, 0.3) is 21.5 Å². The Morgan fingerprint density at radius 3 is 1.59 bits per heavy atom. The van der Waals surface area contributed by atoms with E-state index < -0.39 is 45.0 Å². The highest BCUT2D eigenvalue weighted by Crippen LogP contribution is 2.47. The molecule has 1 nitrogen and oxygen atoms in total. The van der Waals surface area contributed by atoms with Crippen molar-refractivity contribution in [3.63, 3.8) is 0 Å². The van der Waals surface area contributed by atoms with Gasteiger partial charge >= 0.3 is 12.4 Å². The smallest absolute Gasteiger partial charge is 0.417 e. The van der Waals surface area contributed by atoms with Gasteiger partial charge in [-0.05, 0) is 57.9 Å². The first-order chi connectivity index (χ1) is 15.1. The molecule has 0 saturated heterocycles. The monoisotopic (exact) mass is 444 g/mol. The zero-order chi connectivity index (χ0) is 23.1. The second kappa shape index (κ2) is 7.79. The summed E-state index contributed by atoms with van der Waals surface area (Å²) in [6, 6.07) is 14.8. The van der Waals surface area contributed by atoms with Crippen LogP contribution in [-0.2, 0) is 12.4 Å². The first kappa shape index (κ1) is 21.6. The molecule has 4 aromatic carbocycles. The molecular formula is C25H14F6O. The number of hydrogen-bond donors (Lipinski definition) is 0. The fourth-order valence-electron chi connectivity index (χ4n) is 3.69. The summed E-state index contributed by atoms with van der Waals surface area (Å²) in [5, 5.41) is -2.04. The van der Waals surface area contributed by atoms with Gasteiger partial charge in [-0.25, -0.2) is 0 Å². The molecule has 0 bridgehead atoms. The molecule has 0 N–H and O–H groups in total. The highest BCUT2D eigenvalue weighted by molar-refractivity contribution is 6.07. The van der Waals surface area contributed by atoms with E-state index >= 15 is 0 Å². The lowest BCUT2D eigenvalue weighted by Crippen LogP contribution is -2.12. The van der Waals surface area contributed by atoms with Crippen LogP contribution in [0.3, 0.4) is 0 Å². The molecule has 0 atom stereocenters. The van der Waals surface area contributed by atoms with Gasteiger partial charge in [0.1, 0.15) is 5.75 Å². The van der Waals surface area contributed by atoms with Crippen molar-refractivity contribution in [2.45, 2.75) is 12.4 Å². The normalized spacial score (nSPS) is 12.0. The minimum absolute atomic E-state index is 0.169. The lowest BCUT2D eigenvalue weighted by atomic mass is 9.90. The van der Waals surface area contributed by atoms with E-state index in [9.17, 15) is 26.3 Å². The zero-order valence-electron chi connectivity index (χ0n) is 16.5. The van der Waals surface area contributed by atoms with Gasteiger partial charge in [0.2, 0.25) is 0 Å². The van der Waals surface area contributed by atoms with E-state index in [1.807, 2.05) is 0 Å². The van der Waals surface area contributed by atoms with Crippen LogP contribution in [0, 0.1) is 11.8 Å². The summed E-state index contributed by atoms with van der Waals surface area (Å²) in [5.41, 5.74) is -1.45. The van der Waals surface area contributed by atoms with Crippen LogP contribution < -0.4 is 4.74 Å². The maximum atomic E-state index is 14.0. The molecular weight excluding hydrogens is 430 g/mol. The van der Waals surface area contributed by atoms with Gasteiger partial charge in [0, 0.05) is 11.1 Å². The third-order valence-corrected chi connectivity index (χ3v) is 5.03. The van der Waals surface area contributed by atoms with Crippen molar-refractivity contribution in [1.82, 2.24) is 0 Å². The van der Waals surface area contributed by atoms with E-state index in [2.05, 4.69) is 11.8 Å². The Hall–Kier alpha value is -3.66. The number of alkyl halides is 6. The standard InChI is InChI=1S/C25H14F6O/c1-32-17-11-8-15(9-12-17)6-7-16-10-13-20-21(14-16)23(25(29,30)31)19-5-3-2-4-18(19)22(20)24(26,27)28/h2-5,8-14H,1H3. The van der Waals surface area contributed by atoms with E-state index in [0.29, 0.717) is 11.3 Å². The van der Waals surface area contributed by atoms with Crippen LogP contribution in [0.4, 0.5) is 26.3 Å². The minimum atomic E-state index is -4.86. The molecule has 7 heteroatoms. The highest BCUT2D eigenvalue weighted by Gasteiger charge is 2.40. The van der Waals surface area contributed by atoms with Crippen molar-refractivity contribution in [3.8, 4) is 17.6 Å². The summed E-state index contributed by atoms with van der Waals surface area (Å²) >= 11 is 0. The fourth-order valence-corrected chi connectivity index (χ4v) is 3.69. The van der Waals surface area contributed by atoms with E-state index in [0.717, 1.165) is 24.3 Å². The number of fused-ring (bicyclic) bond motifs is 2. The molecule has 0 aliphatic heterocycles. The van der Waals surface area contributed by atoms with Crippen molar-refractivity contribution in [2.75, 3.05) is 7.11 Å². The molecule has 0 aromatic heterocycles. The van der Waals surface area contributed by atoms with E-state index in [1.54, 1.807) is 24.3 Å². The second-order valence-electron chi connectivity index (χ2n) is 7.03. The highest BCUT2D eigenvalue weighted by atomic mass is 19.4. The summed E-state index contributed by atoms with van der Waals surface area (Å²) in [5.74, 6) is 6.16. The molecule has 4 rings (SSSR count). The number of methoxy groups -OCH3 is 1.